The third kappa shape index (κ3) is 4.91. The average molecular weight is 453 g/mol. The molecule has 1 aliphatic heterocycles. The predicted molar refractivity (Wildman–Crippen MR) is 113 cm³/mol. The van der Waals surface area contributed by atoms with E-state index in [1.165, 1.54) is 31.7 Å². The topological polar surface area (TPSA) is 94.2 Å². The van der Waals surface area contributed by atoms with E-state index in [9.17, 15) is 17.6 Å². The maximum Gasteiger partial charge on any atom is 0.246 e. The van der Waals surface area contributed by atoms with Crippen molar-refractivity contribution in [3.8, 4) is 17.2 Å². The van der Waals surface area contributed by atoms with Crippen molar-refractivity contribution in [1.29, 1.82) is 0 Å². The summed E-state index contributed by atoms with van der Waals surface area (Å²) in [5, 5.41) is 2.80. The highest BCUT2D eigenvalue weighted by atomic mass is 32.2. The average Bonchev–Trinajstić information content (AvgIpc) is 2.79. The van der Waals surface area contributed by atoms with Gasteiger partial charge in [0.2, 0.25) is 15.9 Å². The van der Waals surface area contributed by atoms with Crippen molar-refractivity contribution in [3.63, 3.8) is 0 Å². The summed E-state index contributed by atoms with van der Waals surface area (Å²) in [7, 11) is 0.270. The van der Waals surface area contributed by atoms with Crippen molar-refractivity contribution in [3.05, 3.63) is 42.2 Å². The molecule has 2 aromatic carbocycles. The summed E-state index contributed by atoms with van der Waals surface area (Å²) in [6.45, 7) is 0.203. The molecule has 2 aromatic rings. The van der Waals surface area contributed by atoms with Crippen LogP contribution in [0.15, 0.2) is 41.3 Å². The van der Waals surface area contributed by atoms with E-state index in [0.29, 0.717) is 30.0 Å². The molecule has 0 bridgehead atoms. The van der Waals surface area contributed by atoms with E-state index in [2.05, 4.69) is 5.32 Å². The van der Waals surface area contributed by atoms with Crippen LogP contribution < -0.4 is 19.5 Å². The first-order valence-electron chi connectivity index (χ1n) is 9.66. The smallest absolute Gasteiger partial charge is 0.246 e. The van der Waals surface area contributed by atoms with Gasteiger partial charge in [0.25, 0.3) is 0 Å². The standard InChI is InChI=1S/C21H25FN2O6S/c1-28-16-7-9-18(29-2)17(12-16)23-21(25)14-5-4-10-24(13-14)31(26,27)20-11-15(22)6-8-19(20)30-3/h6-9,11-12,14H,4-5,10,13H2,1-3H3,(H,23,25)/t14-/m0/s1. The molecule has 1 aliphatic rings. The number of ether oxygens (including phenoxy) is 3. The maximum atomic E-state index is 13.7. The van der Waals surface area contributed by atoms with Crippen LogP contribution in [-0.2, 0) is 14.8 Å². The lowest BCUT2D eigenvalue weighted by Gasteiger charge is -2.31. The number of rotatable bonds is 7. The third-order valence-corrected chi connectivity index (χ3v) is 7.05. The lowest BCUT2D eigenvalue weighted by Crippen LogP contribution is -2.43. The van der Waals surface area contributed by atoms with Gasteiger partial charge in [0.05, 0.1) is 32.9 Å². The van der Waals surface area contributed by atoms with Gasteiger partial charge in [-0.15, -0.1) is 0 Å². The SMILES string of the molecule is COc1ccc(OC)c(NC(=O)[C@H]2CCCN(S(=O)(=O)c3cc(F)ccc3OC)C2)c1. The molecule has 1 amide bonds. The minimum atomic E-state index is -4.05. The number of benzene rings is 2. The van der Waals surface area contributed by atoms with Gasteiger partial charge in [-0.25, -0.2) is 12.8 Å². The van der Waals surface area contributed by atoms with Gasteiger partial charge in [-0.3, -0.25) is 4.79 Å². The molecule has 1 N–H and O–H groups in total. The van der Waals surface area contributed by atoms with Crippen molar-refractivity contribution in [2.75, 3.05) is 39.7 Å². The number of hydrogen-bond donors (Lipinski definition) is 1. The molecule has 10 heteroatoms. The molecule has 1 heterocycles. The van der Waals surface area contributed by atoms with Gasteiger partial charge in [-0.1, -0.05) is 0 Å². The number of piperidine rings is 1. The largest absolute Gasteiger partial charge is 0.497 e. The Hall–Kier alpha value is -2.85. The number of amides is 1. The molecule has 0 unspecified atom stereocenters. The summed E-state index contributed by atoms with van der Waals surface area (Å²) in [6, 6.07) is 8.33. The van der Waals surface area contributed by atoms with Gasteiger partial charge < -0.3 is 19.5 Å². The lowest BCUT2D eigenvalue weighted by molar-refractivity contribution is -0.120. The fourth-order valence-electron chi connectivity index (χ4n) is 3.51. The number of nitrogens with one attached hydrogen (secondary N) is 1. The van der Waals surface area contributed by atoms with Crippen molar-refractivity contribution in [2.24, 2.45) is 5.92 Å². The van der Waals surface area contributed by atoms with E-state index in [0.717, 1.165) is 12.1 Å². The number of carbonyl (C=O) groups is 1. The number of methoxy groups -OCH3 is 3. The highest BCUT2D eigenvalue weighted by molar-refractivity contribution is 7.89. The zero-order valence-electron chi connectivity index (χ0n) is 17.6. The van der Waals surface area contributed by atoms with E-state index in [-0.39, 0.29) is 29.6 Å². The summed E-state index contributed by atoms with van der Waals surface area (Å²) in [4.78, 5) is 12.6. The number of carbonyl (C=O) groups excluding carboxylic acids is 1. The lowest BCUT2D eigenvalue weighted by atomic mass is 9.98. The zero-order chi connectivity index (χ0) is 22.6. The second-order valence-corrected chi connectivity index (χ2v) is 8.96. The summed E-state index contributed by atoms with van der Waals surface area (Å²) in [5.74, 6) is -0.553. The molecule has 8 nitrogen and oxygen atoms in total. The zero-order valence-corrected chi connectivity index (χ0v) is 18.4. The van der Waals surface area contributed by atoms with E-state index >= 15 is 0 Å². The number of hydrogen-bond acceptors (Lipinski definition) is 6. The molecular weight excluding hydrogens is 427 g/mol. The van der Waals surface area contributed by atoms with E-state index in [1.54, 1.807) is 18.2 Å². The fraction of sp³-hybridized carbons (Fsp3) is 0.381. The summed E-state index contributed by atoms with van der Waals surface area (Å²) in [5.41, 5.74) is 0.429. The first-order valence-corrected chi connectivity index (χ1v) is 11.1. The Morgan fingerprint density at radius 2 is 1.77 bits per heavy atom. The molecule has 0 aliphatic carbocycles. The molecular formula is C21H25FN2O6S. The van der Waals surface area contributed by atoms with Crippen LogP contribution >= 0.6 is 0 Å². The van der Waals surface area contributed by atoms with Crippen molar-refractivity contribution < 1.29 is 31.8 Å². The van der Waals surface area contributed by atoms with Crippen LogP contribution in [0.2, 0.25) is 0 Å². The predicted octanol–water partition coefficient (Wildman–Crippen LogP) is 2.89. The van der Waals surface area contributed by atoms with Crippen LogP contribution in [0.4, 0.5) is 10.1 Å². The Bertz CT molecular complexity index is 1060. The molecule has 0 aromatic heterocycles. The van der Waals surface area contributed by atoms with Crippen LogP contribution in [0.3, 0.4) is 0 Å². The van der Waals surface area contributed by atoms with Gasteiger partial charge in [0, 0.05) is 19.2 Å². The Morgan fingerprint density at radius 1 is 1.06 bits per heavy atom. The van der Waals surface area contributed by atoms with Gasteiger partial charge in [-0.2, -0.15) is 4.31 Å². The third-order valence-electron chi connectivity index (χ3n) is 5.16. The molecule has 0 spiro atoms. The van der Waals surface area contributed by atoms with Crippen molar-refractivity contribution in [1.82, 2.24) is 4.31 Å². The Labute approximate surface area is 181 Å². The second kappa shape index (κ2) is 9.52. The normalized spacial score (nSPS) is 17.1. The highest BCUT2D eigenvalue weighted by Gasteiger charge is 2.35. The number of sulfonamides is 1. The molecule has 168 valence electrons. The van der Waals surface area contributed by atoms with E-state index < -0.39 is 21.8 Å². The van der Waals surface area contributed by atoms with Crippen LogP contribution in [0, 0.1) is 11.7 Å². The maximum absolute atomic E-state index is 13.7. The van der Waals surface area contributed by atoms with Crippen LogP contribution in [0.25, 0.3) is 0 Å². The number of anilines is 1. The summed E-state index contributed by atoms with van der Waals surface area (Å²) in [6.07, 6.45) is 1.01. The van der Waals surface area contributed by atoms with Gasteiger partial charge in [0.1, 0.15) is 28.0 Å². The second-order valence-electron chi connectivity index (χ2n) is 7.05. The summed E-state index contributed by atoms with van der Waals surface area (Å²) < 4.78 is 56.8. The van der Waals surface area contributed by atoms with E-state index in [1.807, 2.05) is 0 Å². The Kier molecular flexibility index (Phi) is 7.01. The first-order chi connectivity index (χ1) is 14.8. The highest BCUT2D eigenvalue weighted by Crippen LogP contribution is 2.32. The van der Waals surface area contributed by atoms with Crippen molar-refractivity contribution >= 4 is 21.6 Å². The van der Waals surface area contributed by atoms with Crippen LogP contribution in [0.1, 0.15) is 12.8 Å². The molecule has 1 atom stereocenters. The molecule has 1 saturated heterocycles. The monoisotopic (exact) mass is 452 g/mol. The Balaban J connectivity index is 1.81. The number of nitrogens with zero attached hydrogens (tertiary/aromatic N) is 1. The van der Waals surface area contributed by atoms with Crippen LogP contribution in [0.5, 0.6) is 17.2 Å². The van der Waals surface area contributed by atoms with Crippen molar-refractivity contribution in [2.45, 2.75) is 17.7 Å². The molecule has 31 heavy (non-hydrogen) atoms. The fourth-order valence-corrected chi connectivity index (χ4v) is 5.20. The summed E-state index contributed by atoms with van der Waals surface area (Å²) >= 11 is 0. The molecule has 0 saturated carbocycles. The number of halogens is 1. The molecule has 3 rings (SSSR count). The van der Waals surface area contributed by atoms with Crippen LogP contribution in [-0.4, -0.2) is 53.0 Å². The Morgan fingerprint density at radius 3 is 2.45 bits per heavy atom. The van der Waals surface area contributed by atoms with Gasteiger partial charge in [-0.05, 0) is 43.2 Å². The molecule has 1 fully saturated rings. The van der Waals surface area contributed by atoms with Gasteiger partial charge in [0.15, 0.2) is 0 Å². The van der Waals surface area contributed by atoms with Gasteiger partial charge >= 0.3 is 0 Å². The first kappa shape index (κ1) is 22.8. The van der Waals surface area contributed by atoms with E-state index in [4.69, 9.17) is 14.2 Å². The minimum absolute atomic E-state index is 0.0277. The molecule has 0 radical (unpaired) electrons. The minimum Gasteiger partial charge on any atom is -0.497 e. The quantitative estimate of drug-likeness (QED) is 0.694.